The molecular weight excluding hydrogens is 342 g/mol. The standard InChI is InChI=1S/C21H27N3O3/c1-20(2)14-8-10-21(20,3)17(12-14)22-23-18(25)9-11-24-15-6-4-5-7-16(15)27-13-19(24)26/h4-7,14H,8-13H2,1-3H3,(H,23,25)/b22-17+/t14-,21+/m1/s1. The van der Waals surface area contributed by atoms with Crippen molar-refractivity contribution in [3.05, 3.63) is 24.3 Å². The van der Waals surface area contributed by atoms with Crippen LogP contribution in [0.15, 0.2) is 29.4 Å². The van der Waals surface area contributed by atoms with Crippen LogP contribution in [0.3, 0.4) is 0 Å². The highest BCUT2D eigenvalue weighted by molar-refractivity contribution is 5.98. The lowest BCUT2D eigenvalue weighted by Gasteiger charge is -2.34. The number of ether oxygens (including phenoxy) is 1. The summed E-state index contributed by atoms with van der Waals surface area (Å²) in [4.78, 5) is 26.1. The minimum atomic E-state index is -0.163. The van der Waals surface area contributed by atoms with E-state index in [1.807, 2.05) is 24.3 Å². The molecule has 2 fully saturated rings. The van der Waals surface area contributed by atoms with Crippen molar-refractivity contribution in [1.82, 2.24) is 5.43 Å². The van der Waals surface area contributed by atoms with Crippen molar-refractivity contribution in [2.75, 3.05) is 18.1 Å². The Labute approximate surface area is 159 Å². The zero-order valence-corrected chi connectivity index (χ0v) is 16.2. The number of hydrogen-bond donors (Lipinski definition) is 1. The van der Waals surface area contributed by atoms with Crippen LogP contribution in [0.5, 0.6) is 5.75 Å². The Balaban J connectivity index is 1.38. The fraction of sp³-hybridized carbons (Fsp3) is 0.571. The van der Waals surface area contributed by atoms with Crippen molar-refractivity contribution < 1.29 is 14.3 Å². The Morgan fingerprint density at radius 1 is 1.33 bits per heavy atom. The zero-order valence-electron chi connectivity index (χ0n) is 16.2. The number of rotatable bonds is 4. The first-order chi connectivity index (χ1) is 12.8. The highest BCUT2D eigenvalue weighted by Gasteiger charge is 2.60. The molecule has 2 atom stereocenters. The summed E-state index contributed by atoms with van der Waals surface area (Å²) >= 11 is 0. The average molecular weight is 369 g/mol. The maximum atomic E-state index is 12.3. The smallest absolute Gasteiger partial charge is 0.265 e. The number of para-hydroxylation sites is 2. The van der Waals surface area contributed by atoms with Gasteiger partial charge in [-0.2, -0.15) is 5.10 Å². The first-order valence-corrected chi connectivity index (χ1v) is 9.71. The van der Waals surface area contributed by atoms with Crippen LogP contribution in [0.1, 0.15) is 46.5 Å². The minimum absolute atomic E-state index is 0.00968. The summed E-state index contributed by atoms with van der Waals surface area (Å²) < 4.78 is 5.43. The Kier molecular flexibility index (Phi) is 4.24. The highest BCUT2D eigenvalue weighted by atomic mass is 16.5. The van der Waals surface area contributed by atoms with E-state index in [2.05, 4.69) is 31.3 Å². The van der Waals surface area contributed by atoms with Crippen LogP contribution in [0.2, 0.25) is 0 Å². The van der Waals surface area contributed by atoms with Crippen LogP contribution in [-0.2, 0) is 9.59 Å². The molecule has 6 heteroatoms. The molecule has 1 heterocycles. The second kappa shape index (κ2) is 6.36. The Morgan fingerprint density at radius 2 is 2.11 bits per heavy atom. The number of nitrogens with one attached hydrogen (secondary N) is 1. The van der Waals surface area contributed by atoms with E-state index in [-0.39, 0.29) is 35.7 Å². The quantitative estimate of drug-likeness (QED) is 0.829. The monoisotopic (exact) mass is 369 g/mol. The molecule has 144 valence electrons. The predicted molar refractivity (Wildman–Crippen MR) is 104 cm³/mol. The Hall–Kier alpha value is -2.37. The molecule has 1 aliphatic heterocycles. The molecule has 2 saturated carbocycles. The number of carbonyl (C=O) groups excluding carboxylic acids is 2. The van der Waals surface area contributed by atoms with Gasteiger partial charge in [-0.25, -0.2) is 5.43 Å². The third-order valence-electron chi connectivity index (χ3n) is 7.20. The first-order valence-electron chi connectivity index (χ1n) is 9.71. The zero-order chi connectivity index (χ0) is 19.2. The van der Waals surface area contributed by atoms with E-state index in [9.17, 15) is 9.59 Å². The van der Waals surface area contributed by atoms with Crippen LogP contribution in [-0.4, -0.2) is 30.7 Å². The Bertz CT molecular complexity index is 817. The number of anilines is 1. The van der Waals surface area contributed by atoms with Gasteiger partial charge in [0.25, 0.3) is 5.91 Å². The largest absolute Gasteiger partial charge is 0.482 e. The van der Waals surface area contributed by atoms with E-state index < -0.39 is 0 Å². The number of benzene rings is 1. The van der Waals surface area contributed by atoms with E-state index in [0.717, 1.165) is 24.2 Å². The summed E-state index contributed by atoms with van der Waals surface area (Å²) in [6.45, 7) is 7.23. The van der Waals surface area contributed by atoms with Gasteiger partial charge < -0.3 is 9.64 Å². The predicted octanol–water partition coefficient (Wildman–Crippen LogP) is 3.12. The summed E-state index contributed by atoms with van der Waals surface area (Å²) in [6.07, 6.45) is 3.56. The van der Waals surface area contributed by atoms with E-state index in [1.54, 1.807) is 4.90 Å². The van der Waals surface area contributed by atoms with Gasteiger partial charge in [-0.15, -0.1) is 0 Å². The lowest BCUT2D eigenvalue weighted by molar-refractivity contribution is -0.122. The molecule has 4 rings (SSSR count). The number of nitrogens with zero attached hydrogens (tertiary/aromatic N) is 2. The van der Waals surface area contributed by atoms with Crippen LogP contribution in [0.4, 0.5) is 5.69 Å². The van der Waals surface area contributed by atoms with Crippen LogP contribution < -0.4 is 15.1 Å². The molecule has 2 aliphatic carbocycles. The van der Waals surface area contributed by atoms with E-state index >= 15 is 0 Å². The molecule has 0 unspecified atom stereocenters. The van der Waals surface area contributed by atoms with E-state index in [4.69, 9.17) is 4.74 Å². The second-order valence-electron chi connectivity index (χ2n) is 8.64. The molecule has 0 aromatic heterocycles. The topological polar surface area (TPSA) is 71.0 Å². The van der Waals surface area contributed by atoms with Gasteiger partial charge in [0.1, 0.15) is 5.75 Å². The third-order valence-corrected chi connectivity index (χ3v) is 7.20. The first kappa shape index (κ1) is 18.0. The molecular formula is C21H27N3O3. The summed E-state index contributed by atoms with van der Waals surface area (Å²) in [6, 6.07) is 7.39. The maximum Gasteiger partial charge on any atom is 0.265 e. The van der Waals surface area contributed by atoms with Crippen molar-refractivity contribution in [2.45, 2.75) is 46.5 Å². The van der Waals surface area contributed by atoms with Gasteiger partial charge >= 0.3 is 0 Å². The SMILES string of the molecule is CC1(C)[C@@H]2CC[C@@]1(C)/C(=N/NC(=O)CCN1C(=O)COc3ccccc31)C2. The van der Waals surface area contributed by atoms with Crippen molar-refractivity contribution in [3.8, 4) is 5.75 Å². The van der Waals surface area contributed by atoms with Gasteiger partial charge in [0.05, 0.1) is 5.69 Å². The second-order valence-corrected chi connectivity index (χ2v) is 8.64. The van der Waals surface area contributed by atoms with Gasteiger partial charge in [0.15, 0.2) is 6.61 Å². The van der Waals surface area contributed by atoms with Crippen molar-refractivity contribution in [2.24, 2.45) is 21.8 Å². The van der Waals surface area contributed by atoms with Gasteiger partial charge in [0, 0.05) is 24.1 Å². The lowest BCUT2D eigenvalue weighted by Crippen LogP contribution is -2.41. The summed E-state index contributed by atoms with van der Waals surface area (Å²) in [7, 11) is 0. The molecule has 0 spiro atoms. The van der Waals surface area contributed by atoms with Gasteiger partial charge in [-0.3, -0.25) is 9.59 Å². The average Bonchev–Trinajstić information content (AvgIpc) is 2.99. The molecule has 3 aliphatic rings. The van der Waals surface area contributed by atoms with E-state index in [1.165, 1.54) is 6.42 Å². The normalized spacial score (nSPS) is 29.6. The third kappa shape index (κ3) is 2.82. The number of hydrazone groups is 1. The summed E-state index contributed by atoms with van der Waals surface area (Å²) in [5, 5.41) is 4.49. The van der Waals surface area contributed by atoms with Crippen molar-refractivity contribution in [3.63, 3.8) is 0 Å². The number of amides is 2. The van der Waals surface area contributed by atoms with Crippen molar-refractivity contribution in [1.29, 1.82) is 0 Å². The molecule has 0 radical (unpaired) electrons. The van der Waals surface area contributed by atoms with Gasteiger partial charge in [-0.1, -0.05) is 32.9 Å². The van der Waals surface area contributed by atoms with Crippen LogP contribution in [0, 0.1) is 16.7 Å². The molecule has 1 aromatic carbocycles. The highest BCUT2D eigenvalue weighted by Crippen LogP contribution is 2.63. The fourth-order valence-corrected chi connectivity index (χ4v) is 4.90. The van der Waals surface area contributed by atoms with Gasteiger partial charge in [-0.05, 0) is 42.7 Å². The van der Waals surface area contributed by atoms with E-state index in [0.29, 0.717) is 18.2 Å². The van der Waals surface area contributed by atoms with Crippen molar-refractivity contribution >= 4 is 23.2 Å². The van der Waals surface area contributed by atoms with Crippen LogP contribution >= 0.6 is 0 Å². The maximum absolute atomic E-state index is 12.3. The fourth-order valence-electron chi connectivity index (χ4n) is 4.90. The van der Waals surface area contributed by atoms with Crippen LogP contribution in [0.25, 0.3) is 0 Å². The molecule has 2 amide bonds. The Morgan fingerprint density at radius 3 is 2.81 bits per heavy atom. The summed E-state index contributed by atoms with van der Waals surface area (Å²) in [5.74, 6) is 1.04. The molecule has 27 heavy (non-hydrogen) atoms. The molecule has 0 saturated heterocycles. The number of hydrogen-bond acceptors (Lipinski definition) is 4. The minimum Gasteiger partial charge on any atom is -0.482 e. The molecule has 1 aromatic rings. The molecule has 2 bridgehead atoms. The number of fused-ring (bicyclic) bond motifs is 3. The lowest BCUT2D eigenvalue weighted by atomic mass is 9.70. The molecule has 1 N–H and O–H groups in total. The summed E-state index contributed by atoms with van der Waals surface area (Å²) in [5.41, 5.74) is 4.87. The van der Waals surface area contributed by atoms with Gasteiger partial charge in [0.2, 0.25) is 5.91 Å². The molecule has 6 nitrogen and oxygen atoms in total. The number of carbonyl (C=O) groups is 2.